The van der Waals surface area contributed by atoms with Crippen molar-refractivity contribution in [1.82, 2.24) is 4.90 Å². The lowest BCUT2D eigenvalue weighted by molar-refractivity contribution is -0.140. The van der Waals surface area contributed by atoms with E-state index in [2.05, 4.69) is 11.7 Å². The largest absolute Gasteiger partial charge is 0.469 e. The number of nitrogens with zero attached hydrogens (tertiary/aromatic N) is 1. The third-order valence-electron chi connectivity index (χ3n) is 4.08. The van der Waals surface area contributed by atoms with Gasteiger partial charge in [0.1, 0.15) is 0 Å². The van der Waals surface area contributed by atoms with Crippen LogP contribution in [0, 0.1) is 5.92 Å². The molecule has 116 valence electrons. The smallest absolute Gasteiger partial charge is 0.305 e. The first-order valence-electron chi connectivity index (χ1n) is 7.44. The number of hydrogen-bond acceptors (Lipinski definition) is 4. The first-order chi connectivity index (χ1) is 10.0. The zero-order chi connectivity index (χ0) is 15.4. The van der Waals surface area contributed by atoms with E-state index in [1.807, 2.05) is 5.38 Å². The molecule has 1 amide bonds. The van der Waals surface area contributed by atoms with Crippen LogP contribution in [-0.4, -0.2) is 37.5 Å². The summed E-state index contributed by atoms with van der Waals surface area (Å²) < 4.78 is 4.61. The van der Waals surface area contributed by atoms with E-state index >= 15 is 0 Å². The van der Waals surface area contributed by atoms with Crippen LogP contribution in [-0.2, 0) is 22.4 Å². The highest BCUT2D eigenvalue weighted by Gasteiger charge is 2.24. The summed E-state index contributed by atoms with van der Waals surface area (Å²) in [4.78, 5) is 26.7. The molecule has 1 heterocycles. The molecule has 4 nitrogen and oxygen atoms in total. The summed E-state index contributed by atoms with van der Waals surface area (Å²) in [6, 6.07) is 0. The lowest BCUT2D eigenvalue weighted by Crippen LogP contribution is -2.29. The highest BCUT2D eigenvalue weighted by molar-refractivity contribution is 7.10. The molecule has 1 unspecified atom stereocenters. The average molecular weight is 309 g/mol. The average Bonchev–Trinajstić information content (AvgIpc) is 2.88. The molecule has 1 aliphatic carbocycles. The normalized spacial score (nSPS) is 17.2. The Morgan fingerprint density at radius 1 is 1.48 bits per heavy atom. The van der Waals surface area contributed by atoms with E-state index in [0.717, 1.165) is 30.7 Å². The topological polar surface area (TPSA) is 46.6 Å². The highest BCUT2D eigenvalue weighted by atomic mass is 32.1. The Bertz CT molecular complexity index is 524. The second kappa shape index (κ2) is 7.07. The van der Waals surface area contributed by atoms with Crippen LogP contribution in [0.15, 0.2) is 5.38 Å². The number of ether oxygens (including phenoxy) is 1. The van der Waals surface area contributed by atoms with Gasteiger partial charge in [-0.1, -0.05) is 6.92 Å². The van der Waals surface area contributed by atoms with Gasteiger partial charge in [-0.3, -0.25) is 9.59 Å². The molecule has 1 aromatic heterocycles. The van der Waals surface area contributed by atoms with Gasteiger partial charge in [-0.25, -0.2) is 0 Å². The van der Waals surface area contributed by atoms with Gasteiger partial charge in [-0.2, -0.15) is 0 Å². The molecular weight excluding hydrogens is 286 g/mol. The minimum Gasteiger partial charge on any atom is -0.469 e. The summed E-state index contributed by atoms with van der Waals surface area (Å²) in [7, 11) is 3.19. The van der Waals surface area contributed by atoms with E-state index < -0.39 is 0 Å². The number of esters is 1. The van der Waals surface area contributed by atoms with Crippen molar-refractivity contribution in [3.63, 3.8) is 0 Å². The van der Waals surface area contributed by atoms with Gasteiger partial charge in [0.2, 0.25) is 0 Å². The van der Waals surface area contributed by atoms with Gasteiger partial charge in [0.25, 0.3) is 5.91 Å². The molecule has 1 aromatic rings. The molecular formula is C16H23NO3S. The van der Waals surface area contributed by atoms with Gasteiger partial charge >= 0.3 is 5.97 Å². The number of thiophene rings is 1. The fourth-order valence-electron chi connectivity index (χ4n) is 2.73. The van der Waals surface area contributed by atoms with Crippen LogP contribution in [0.1, 0.15) is 47.0 Å². The predicted molar refractivity (Wildman–Crippen MR) is 83.7 cm³/mol. The fraction of sp³-hybridized carbons (Fsp3) is 0.625. The van der Waals surface area contributed by atoms with Gasteiger partial charge < -0.3 is 9.64 Å². The molecule has 0 spiro atoms. The third kappa shape index (κ3) is 3.84. The molecule has 0 bridgehead atoms. The van der Waals surface area contributed by atoms with Crippen molar-refractivity contribution in [2.45, 2.75) is 39.0 Å². The zero-order valence-electron chi connectivity index (χ0n) is 13.0. The number of methoxy groups -OCH3 is 1. The molecule has 0 saturated heterocycles. The van der Waals surface area contributed by atoms with Gasteiger partial charge in [-0.05, 0) is 37.2 Å². The van der Waals surface area contributed by atoms with Crippen LogP contribution in [0.25, 0.3) is 0 Å². The van der Waals surface area contributed by atoms with Crippen molar-refractivity contribution in [3.05, 3.63) is 21.4 Å². The Labute approximate surface area is 130 Å². The Morgan fingerprint density at radius 2 is 2.24 bits per heavy atom. The van der Waals surface area contributed by atoms with Crippen LogP contribution < -0.4 is 0 Å². The summed E-state index contributed by atoms with van der Waals surface area (Å²) >= 11 is 1.71. The molecule has 0 radical (unpaired) electrons. The Kier molecular flexibility index (Phi) is 5.39. The van der Waals surface area contributed by atoms with E-state index in [0.29, 0.717) is 19.4 Å². The van der Waals surface area contributed by atoms with Crippen LogP contribution in [0.4, 0.5) is 0 Å². The van der Waals surface area contributed by atoms with E-state index in [9.17, 15) is 9.59 Å². The summed E-state index contributed by atoms with van der Waals surface area (Å²) in [5.74, 6) is 0.571. The minimum atomic E-state index is -0.224. The number of hydrogen-bond donors (Lipinski definition) is 0. The first-order valence-corrected chi connectivity index (χ1v) is 8.32. The van der Waals surface area contributed by atoms with E-state index in [1.165, 1.54) is 17.6 Å². The number of fused-ring (bicyclic) bond motifs is 1. The minimum absolute atomic E-state index is 0.0759. The number of rotatable bonds is 5. The molecule has 2 rings (SSSR count). The van der Waals surface area contributed by atoms with Gasteiger partial charge in [0, 0.05) is 30.3 Å². The van der Waals surface area contributed by atoms with Crippen molar-refractivity contribution in [3.8, 4) is 0 Å². The van der Waals surface area contributed by atoms with E-state index in [1.54, 1.807) is 23.3 Å². The maximum Gasteiger partial charge on any atom is 0.305 e. The standard InChI is InChI=1S/C16H23NO3S/c1-11-6-7-12-13(10-21-14(12)9-11)16(19)17(2)8-4-5-15(18)20-3/h10-11H,4-9H2,1-3H3. The molecule has 0 N–H and O–H groups in total. The molecule has 0 saturated carbocycles. The molecule has 21 heavy (non-hydrogen) atoms. The van der Waals surface area contributed by atoms with Crippen molar-refractivity contribution < 1.29 is 14.3 Å². The van der Waals surface area contributed by atoms with Crippen molar-refractivity contribution >= 4 is 23.2 Å². The lowest BCUT2D eigenvalue weighted by atomic mass is 9.88. The van der Waals surface area contributed by atoms with Crippen LogP contribution in [0.5, 0.6) is 0 Å². The monoisotopic (exact) mass is 309 g/mol. The molecule has 1 aliphatic rings. The second-order valence-electron chi connectivity index (χ2n) is 5.81. The van der Waals surface area contributed by atoms with Crippen molar-refractivity contribution in [2.24, 2.45) is 5.92 Å². The molecule has 0 aromatic carbocycles. The van der Waals surface area contributed by atoms with Crippen LogP contribution >= 0.6 is 11.3 Å². The van der Waals surface area contributed by atoms with Crippen LogP contribution in [0.3, 0.4) is 0 Å². The number of carbonyl (C=O) groups excluding carboxylic acids is 2. The summed E-state index contributed by atoms with van der Waals surface area (Å²) in [5, 5.41) is 2.00. The summed E-state index contributed by atoms with van der Waals surface area (Å²) in [6.07, 6.45) is 4.26. The SMILES string of the molecule is COC(=O)CCCN(C)C(=O)c1csc2c1CCC(C)C2. The Morgan fingerprint density at radius 3 is 2.95 bits per heavy atom. The van der Waals surface area contributed by atoms with Gasteiger partial charge in [0.05, 0.1) is 12.7 Å². The fourth-order valence-corrected chi connectivity index (χ4v) is 3.96. The molecule has 1 atom stereocenters. The summed E-state index contributed by atoms with van der Waals surface area (Å²) in [5.41, 5.74) is 2.12. The lowest BCUT2D eigenvalue weighted by Gasteiger charge is -2.21. The predicted octanol–water partition coefficient (Wildman–Crippen LogP) is 2.90. The first kappa shape index (κ1) is 16.0. The third-order valence-corrected chi connectivity index (χ3v) is 5.13. The Balaban J connectivity index is 1.95. The zero-order valence-corrected chi connectivity index (χ0v) is 13.8. The molecule has 0 fully saturated rings. The van der Waals surface area contributed by atoms with Crippen molar-refractivity contribution in [2.75, 3.05) is 20.7 Å². The second-order valence-corrected chi connectivity index (χ2v) is 6.77. The van der Waals surface area contributed by atoms with E-state index in [4.69, 9.17) is 0 Å². The number of carbonyl (C=O) groups is 2. The molecule has 0 aliphatic heterocycles. The summed E-state index contributed by atoms with van der Waals surface area (Å²) in [6.45, 7) is 2.85. The van der Waals surface area contributed by atoms with Crippen molar-refractivity contribution in [1.29, 1.82) is 0 Å². The maximum absolute atomic E-state index is 12.5. The highest BCUT2D eigenvalue weighted by Crippen LogP contribution is 2.33. The number of amides is 1. The van der Waals surface area contributed by atoms with Gasteiger partial charge in [0.15, 0.2) is 0 Å². The quantitative estimate of drug-likeness (QED) is 0.786. The van der Waals surface area contributed by atoms with E-state index in [-0.39, 0.29) is 11.9 Å². The van der Waals surface area contributed by atoms with Gasteiger partial charge in [-0.15, -0.1) is 11.3 Å². The van der Waals surface area contributed by atoms with Crippen LogP contribution in [0.2, 0.25) is 0 Å². The molecule has 5 heteroatoms. The maximum atomic E-state index is 12.5. The Hall–Kier alpha value is -1.36.